The fourth-order valence-corrected chi connectivity index (χ4v) is 4.35. The third-order valence-electron chi connectivity index (χ3n) is 3.73. The lowest BCUT2D eigenvalue weighted by Gasteiger charge is -2.13. The molecule has 0 heterocycles. The van der Waals surface area contributed by atoms with Gasteiger partial charge in [0.15, 0.2) is 0 Å². The maximum atomic E-state index is 12.7. The molecule has 1 aliphatic carbocycles. The summed E-state index contributed by atoms with van der Waals surface area (Å²) in [5, 5.41) is 2.13. The molecule has 3 nitrogen and oxygen atoms in total. The van der Waals surface area contributed by atoms with Crippen LogP contribution in [-0.4, -0.2) is 29.1 Å². The number of nitrogens with one attached hydrogen (secondary N) is 1. The van der Waals surface area contributed by atoms with Crippen LogP contribution < -0.4 is 5.32 Å². The summed E-state index contributed by atoms with van der Waals surface area (Å²) < 4.78 is 24.8. The highest BCUT2D eigenvalue weighted by Gasteiger charge is 2.33. The number of rotatable bonds is 5. The largest absolute Gasteiger partial charge is 0.353 e. The molecule has 1 aliphatic rings. The SMILES string of the molecule is O=C(CS(=O)C1c2ccccc2-c2ccccc21)NCCF. The van der Waals surface area contributed by atoms with Crippen molar-refractivity contribution >= 4 is 16.7 Å². The third kappa shape index (κ3) is 2.68. The maximum Gasteiger partial charge on any atom is 0.232 e. The quantitative estimate of drug-likeness (QED) is 0.921. The van der Waals surface area contributed by atoms with Crippen molar-refractivity contribution in [2.75, 3.05) is 19.0 Å². The van der Waals surface area contributed by atoms with Crippen LogP contribution in [0.3, 0.4) is 0 Å². The van der Waals surface area contributed by atoms with Gasteiger partial charge in [-0.2, -0.15) is 0 Å². The standard InChI is InChI=1S/C17H16FNO2S/c18-9-10-19-16(20)11-22(21)17-14-7-3-1-5-12(14)13-6-2-4-8-15(13)17/h1-8,17H,9-11H2,(H,19,20). The van der Waals surface area contributed by atoms with Gasteiger partial charge in [0.2, 0.25) is 5.91 Å². The highest BCUT2D eigenvalue weighted by atomic mass is 32.2. The van der Waals surface area contributed by atoms with Gasteiger partial charge in [-0.1, -0.05) is 48.5 Å². The zero-order chi connectivity index (χ0) is 15.5. The van der Waals surface area contributed by atoms with E-state index in [1.54, 1.807) is 0 Å². The van der Waals surface area contributed by atoms with E-state index in [2.05, 4.69) is 5.32 Å². The van der Waals surface area contributed by atoms with E-state index in [1.807, 2.05) is 48.5 Å². The Morgan fingerprint density at radius 2 is 1.59 bits per heavy atom. The zero-order valence-corrected chi connectivity index (χ0v) is 12.7. The fourth-order valence-electron chi connectivity index (χ4n) is 2.84. The summed E-state index contributed by atoms with van der Waals surface area (Å²) in [5.41, 5.74) is 4.11. The molecule has 1 unspecified atom stereocenters. The number of benzene rings is 2. The minimum absolute atomic E-state index is 0.0339. The van der Waals surface area contributed by atoms with E-state index in [0.717, 1.165) is 22.3 Å². The van der Waals surface area contributed by atoms with Crippen molar-refractivity contribution in [3.8, 4) is 11.1 Å². The van der Waals surface area contributed by atoms with Gasteiger partial charge in [-0.3, -0.25) is 9.00 Å². The second-order valence-corrected chi connectivity index (χ2v) is 6.64. The zero-order valence-electron chi connectivity index (χ0n) is 11.9. The van der Waals surface area contributed by atoms with Crippen molar-refractivity contribution in [3.05, 3.63) is 59.7 Å². The Labute approximate surface area is 131 Å². The number of fused-ring (bicyclic) bond motifs is 3. The first kappa shape index (κ1) is 14.9. The predicted octanol–water partition coefficient (Wildman–Crippen LogP) is 2.59. The Hall–Kier alpha value is -2.01. The summed E-state index contributed by atoms with van der Waals surface area (Å²) in [5.74, 6) is -0.495. The van der Waals surface area contributed by atoms with Gasteiger partial charge in [-0.05, 0) is 22.3 Å². The van der Waals surface area contributed by atoms with Crippen LogP contribution in [0.1, 0.15) is 16.4 Å². The van der Waals surface area contributed by atoms with Crippen LogP contribution >= 0.6 is 0 Å². The van der Waals surface area contributed by atoms with Gasteiger partial charge in [-0.25, -0.2) is 4.39 Å². The first-order valence-corrected chi connectivity index (χ1v) is 8.48. The number of carbonyl (C=O) groups excluding carboxylic acids is 1. The summed E-state index contributed by atoms with van der Waals surface area (Å²) in [6.45, 7) is -0.651. The van der Waals surface area contributed by atoms with E-state index >= 15 is 0 Å². The lowest BCUT2D eigenvalue weighted by atomic mass is 10.1. The second-order valence-electron chi connectivity index (χ2n) is 5.12. The van der Waals surface area contributed by atoms with Crippen LogP contribution in [0.5, 0.6) is 0 Å². The lowest BCUT2D eigenvalue weighted by molar-refractivity contribution is -0.118. The number of amides is 1. The molecule has 114 valence electrons. The molecular formula is C17H16FNO2S. The molecule has 0 spiro atoms. The van der Waals surface area contributed by atoms with Crippen molar-refractivity contribution in [3.63, 3.8) is 0 Å². The molecular weight excluding hydrogens is 301 g/mol. The molecule has 2 aromatic rings. The van der Waals surface area contributed by atoms with Crippen LogP contribution in [0.4, 0.5) is 4.39 Å². The van der Waals surface area contributed by atoms with Gasteiger partial charge < -0.3 is 5.32 Å². The van der Waals surface area contributed by atoms with Gasteiger partial charge in [0.25, 0.3) is 0 Å². The minimum atomic E-state index is -1.39. The van der Waals surface area contributed by atoms with Crippen molar-refractivity contribution in [1.82, 2.24) is 5.32 Å². The van der Waals surface area contributed by atoms with Crippen LogP contribution in [0.15, 0.2) is 48.5 Å². The van der Waals surface area contributed by atoms with Gasteiger partial charge in [0, 0.05) is 17.3 Å². The van der Waals surface area contributed by atoms with Crippen LogP contribution in [-0.2, 0) is 15.6 Å². The summed E-state index contributed by atoms with van der Waals surface area (Å²) in [6, 6.07) is 15.7. The Morgan fingerprint density at radius 3 is 2.14 bits per heavy atom. The third-order valence-corrected chi connectivity index (χ3v) is 5.31. The minimum Gasteiger partial charge on any atom is -0.353 e. The molecule has 0 saturated heterocycles. The second kappa shape index (κ2) is 6.40. The molecule has 22 heavy (non-hydrogen) atoms. The molecule has 1 atom stereocenters. The molecule has 1 N–H and O–H groups in total. The first-order valence-electron chi connectivity index (χ1n) is 7.10. The smallest absolute Gasteiger partial charge is 0.232 e. The summed E-state index contributed by atoms with van der Waals surface area (Å²) >= 11 is 0. The molecule has 2 aromatic carbocycles. The predicted molar refractivity (Wildman–Crippen MR) is 85.7 cm³/mol. The fraction of sp³-hybridized carbons (Fsp3) is 0.235. The summed E-state index contributed by atoms with van der Waals surface area (Å²) in [4.78, 5) is 11.7. The van der Waals surface area contributed by atoms with Gasteiger partial charge in [0.1, 0.15) is 12.4 Å². The number of hydrogen-bond acceptors (Lipinski definition) is 2. The van der Waals surface area contributed by atoms with E-state index in [9.17, 15) is 13.4 Å². The summed E-state index contributed by atoms with van der Waals surface area (Å²) in [6.07, 6.45) is 0. The number of halogens is 1. The molecule has 0 aliphatic heterocycles. The monoisotopic (exact) mass is 317 g/mol. The number of alkyl halides is 1. The Morgan fingerprint density at radius 1 is 1.05 bits per heavy atom. The molecule has 0 aromatic heterocycles. The maximum absolute atomic E-state index is 12.7. The van der Waals surface area contributed by atoms with E-state index in [1.165, 1.54) is 0 Å². The first-order chi connectivity index (χ1) is 10.7. The van der Waals surface area contributed by atoms with Gasteiger partial charge >= 0.3 is 0 Å². The van der Waals surface area contributed by atoms with Crippen LogP contribution in [0.2, 0.25) is 0 Å². The normalized spacial score (nSPS) is 14.2. The summed E-state index contributed by atoms with van der Waals surface area (Å²) in [7, 11) is -1.39. The van der Waals surface area contributed by atoms with Gasteiger partial charge in [0.05, 0.1) is 5.25 Å². The van der Waals surface area contributed by atoms with E-state index < -0.39 is 17.5 Å². The lowest BCUT2D eigenvalue weighted by Crippen LogP contribution is -2.31. The highest BCUT2D eigenvalue weighted by Crippen LogP contribution is 2.46. The van der Waals surface area contributed by atoms with Gasteiger partial charge in [-0.15, -0.1) is 0 Å². The van der Waals surface area contributed by atoms with Crippen LogP contribution in [0, 0.1) is 0 Å². The van der Waals surface area contributed by atoms with Crippen molar-refractivity contribution in [2.45, 2.75) is 5.25 Å². The average molecular weight is 317 g/mol. The molecule has 3 rings (SSSR count). The molecule has 0 bridgehead atoms. The van der Waals surface area contributed by atoms with E-state index in [0.29, 0.717) is 0 Å². The van der Waals surface area contributed by atoms with Crippen molar-refractivity contribution in [2.24, 2.45) is 0 Å². The van der Waals surface area contributed by atoms with Crippen molar-refractivity contribution in [1.29, 1.82) is 0 Å². The molecule has 0 radical (unpaired) electrons. The molecule has 1 amide bonds. The average Bonchev–Trinajstić information content (AvgIpc) is 2.87. The van der Waals surface area contributed by atoms with Crippen LogP contribution in [0.25, 0.3) is 11.1 Å². The Balaban J connectivity index is 1.90. The van der Waals surface area contributed by atoms with E-state index in [4.69, 9.17) is 0 Å². The molecule has 0 saturated carbocycles. The van der Waals surface area contributed by atoms with E-state index in [-0.39, 0.29) is 23.5 Å². The Kier molecular flexibility index (Phi) is 4.34. The molecule has 5 heteroatoms. The highest BCUT2D eigenvalue weighted by molar-refractivity contribution is 7.86. The molecule has 0 fully saturated rings. The number of carbonyl (C=O) groups is 1. The number of hydrogen-bond donors (Lipinski definition) is 1. The van der Waals surface area contributed by atoms with Crippen molar-refractivity contribution < 1.29 is 13.4 Å². The topological polar surface area (TPSA) is 46.2 Å². The Bertz CT molecular complexity index is 687.